The Bertz CT molecular complexity index is 728. The fraction of sp³-hybridized carbons (Fsp3) is 0.118. The van der Waals surface area contributed by atoms with Crippen LogP contribution >= 0.6 is 11.8 Å². The molecule has 0 radical (unpaired) electrons. The Labute approximate surface area is 122 Å². The molecule has 1 heterocycles. The minimum absolute atomic E-state index is 0.524. The van der Waals surface area contributed by atoms with E-state index in [4.69, 9.17) is 4.74 Å². The van der Waals surface area contributed by atoms with Crippen molar-refractivity contribution in [3.05, 3.63) is 65.2 Å². The summed E-state index contributed by atoms with van der Waals surface area (Å²) in [7, 11) is 0. The van der Waals surface area contributed by atoms with E-state index in [0.717, 1.165) is 32.3 Å². The van der Waals surface area contributed by atoms with Crippen LogP contribution < -0.4 is 4.74 Å². The van der Waals surface area contributed by atoms with Gasteiger partial charge in [0.1, 0.15) is 12.4 Å². The first-order valence-corrected chi connectivity index (χ1v) is 7.20. The fourth-order valence-corrected chi connectivity index (χ4v) is 3.27. The maximum absolute atomic E-state index is 9.27. The molecule has 2 nitrogen and oxygen atoms in total. The number of thioether (sulfide) groups is 1. The molecule has 2 aromatic rings. The highest BCUT2D eigenvalue weighted by Crippen LogP contribution is 2.43. The fourth-order valence-electron chi connectivity index (χ4n) is 2.17. The van der Waals surface area contributed by atoms with Crippen molar-refractivity contribution in [1.82, 2.24) is 0 Å². The van der Waals surface area contributed by atoms with Crippen LogP contribution in [0.25, 0.3) is 4.91 Å². The molecular formula is C17H13NOS. The number of hydrogen-bond acceptors (Lipinski definition) is 3. The molecule has 0 amide bonds. The van der Waals surface area contributed by atoms with Gasteiger partial charge < -0.3 is 4.74 Å². The second-order valence-electron chi connectivity index (χ2n) is 4.56. The van der Waals surface area contributed by atoms with Gasteiger partial charge >= 0.3 is 0 Å². The van der Waals surface area contributed by atoms with Gasteiger partial charge in [-0.3, -0.25) is 0 Å². The lowest BCUT2D eigenvalue weighted by molar-refractivity contribution is 0.298. The molecule has 98 valence electrons. The van der Waals surface area contributed by atoms with Crippen LogP contribution in [0.2, 0.25) is 0 Å². The Morgan fingerprint density at radius 1 is 1.15 bits per heavy atom. The number of para-hydroxylation sites is 1. The topological polar surface area (TPSA) is 33.0 Å². The van der Waals surface area contributed by atoms with E-state index in [-0.39, 0.29) is 0 Å². The van der Waals surface area contributed by atoms with Crippen LogP contribution in [0.3, 0.4) is 0 Å². The van der Waals surface area contributed by atoms with E-state index < -0.39 is 0 Å². The van der Waals surface area contributed by atoms with Crippen LogP contribution in [0.1, 0.15) is 18.1 Å². The number of hydrogen-bond donors (Lipinski definition) is 0. The minimum Gasteiger partial charge on any atom is -0.488 e. The number of nitrogens with zero attached hydrogens (tertiary/aromatic N) is 1. The van der Waals surface area contributed by atoms with E-state index >= 15 is 0 Å². The predicted molar refractivity (Wildman–Crippen MR) is 81.3 cm³/mol. The van der Waals surface area contributed by atoms with Crippen LogP contribution in [0.5, 0.6) is 5.75 Å². The van der Waals surface area contributed by atoms with Gasteiger partial charge in [0.15, 0.2) is 0 Å². The summed E-state index contributed by atoms with van der Waals surface area (Å²) in [5.74, 6) is 0.871. The van der Waals surface area contributed by atoms with Gasteiger partial charge in [-0.05, 0) is 30.2 Å². The Hall–Kier alpha value is -2.18. The molecule has 20 heavy (non-hydrogen) atoms. The summed E-state index contributed by atoms with van der Waals surface area (Å²) in [6.45, 7) is 2.39. The Morgan fingerprint density at radius 2 is 1.90 bits per heavy atom. The normalized spacial score (nSPS) is 15.8. The zero-order valence-electron chi connectivity index (χ0n) is 11.1. The Morgan fingerprint density at radius 3 is 2.75 bits per heavy atom. The number of ether oxygens (including phenoxy) is 1. The van der Waals surface area contributed by atoms with Crippen molar-refractivity contribution in [3.8, 4) is 11.8 Å². The van der Waals surface area contributed by atoms with Crippen LogP contribution in [0, 0.1) is 11.3 Å². The van der Waals surface area contributed by atoms with Crippen molar-refractivity contribution >= 4 is 16.7 Å². The van der Waals surface area contributed by atoms with Gasteiger partial charge in [-0.1, -0.05) is 48.2 Å². The van der Waals surface area contributed by atoms with Gasteiger partial charge in [0.25, 0.3) is 0 Å². The molecule has 0 atom stereocenters. The smallest absolute Gasteiger partial charge is 0.133 e. The average molecular weight is 279 g/mol. The van der Waals surface area contributed by atoms with E-state index in [1.165, 1.54) is 0 Å². The number of rotatable bonds is 0. The van der Waals surface area contributed by atoms with Gasteiger partial charge in [0.2, 0.25) is 0 Å². The molecule has 0 bridgehead atoms. The van der Waals surface area contributed by atoms with Crippen molar-refractivity contribution in [2.45, 2.75) is 18.4 Å². The summed E-state index contributed by atoms with van der Waals surface area (Å²) < 4.78 is 5.89. The zero-order valence-corrected chi connectivity index (χ0v) is 11.9. The van der Waals surface area contributed by atoms with Crippen LogP contribution in [0.15, 0.2) is 59.0 Å². The molecule has 2 aromatic carbocycles. The number of allylic oxidation sites excluding steroid dienone is 1. The first-order valence-electron chi connectivity index (χ1n) is 6.38. The summed E-state index contributed by atoms with van der Waals surface area (Å²) in [5, 5.41) is 9.27. The molecule has 0 saturated heterocycles. The van der Waals surface area contributed by atoms with Crippen LogP contribution in [-0.4, -0.2) is 0 Å². The van der Waals surface area contributed by atoms with E-state index in [9.17, 15) is 5.26 Å². The summed E-state index contributed by atoms with van der Waals surface area (Å²) >= 11 is 1.60. The van der Waals surface area contributed by atoms with Crippen molar-refractivity contribution < 1.29 is 4.74 Å². The summed E-state index contributed by atoms with van der Waals surface area (Å²) in [6.07, 6.45) is 0. The second-order valence-corrected chi connectivity index (χ2v) is 5.61. The highest BCUT2D eigenvalue weighted by Gasteiger charge is 2.18. The molecule has 1 aliphatic rings. The lowest BCUT2D eigenvalue weighted by Gasteiger charge is -2.20. The van der Waals surface area contributed by atoms with Gasteiger partial charge in [0, 0.05) is 10.5 Å². The molecule has 0 unspecified atom stereocenters. The SMILES string of the molecule is C/C(C#N)=C1/Sc2ccccc2OCc2ccccc21. The van der Waals surface area contributed by atoms with Gasteiger partial charge in [-0.2, -0.15) is 5.26 Å². The molecule has 0 aliphatic carbocycles. The van der Waals surface area contributed by atoms with E-state index in [2.05, 4.69) is 18.2 Å². The molecule has 0 aromatic heterocycles. The summed E-state index contributed by atoms with van der Waals surface area (Å²) in [5.41, 5.74) is 2.93. The quantitative estimate of drug-likeness (QED) is 0.659. The van der Waals surface area contributed by atoms with Gasteiger partial charge in [0.05, 0.1) is 11.0 Å². The molecule has 0 saturated carbocycles. The third kappa shape index (κ3) is 2.31. The maximum atomic E-state index is 9.27. The minimum atomic E-state index is 0.524. The van der Waals surface area contributed by atoms with Crippen molar-refractivity contribution in [2.24, 2.45) is 0 Å². The zero-order chi connectivity index (χ0) is 13.9. The molecule has 3 heteroatoms. The predicted octanol–water partition coefficient (Wildman–Crippen LogP) is 4.63. The molecular weight excluding hydrogens is 266 g/mol. The van der Waals surface area contributed by atoms with Gasteiger partial charge in [-0.15, -0.1) is 0 Å². The first-order chi connectivity index (χ1) is 9.79. The third-order valence-electron chi connectivity index (χ3n) is 3.21. The largest absolute Gasteiger partial charge is 0.488 e. The van der Waals surface area contributed by atoms with Crippen LogP contribution in [-0.2, 0) is 6.61 Å². The van der Waals surface area contributed by atoms with Crippen molar-refractivity contribution in [3.63, 3.8) is 0 Å². The van der Waals surface area contributed by atoms with Crippen LogP contribution in [0.4, 0.5) is 0 Å². The molecule has 1 aliphatic heterocycles. The number of nitriles is 1. The maximum Gasteiger partial charge on any atom is 0.133 e. The summed E-state index contributed by atoms with van der Waals surface area (Å²) in [4.78, 5) is 2.06. The van der Waals surface area contributed by atoms with E-state index in [1.807, 2.05) is 43.3 Å². The number of fused-ring (bicyclic) bond motifs is 2. The number of benzene rings is 2. The lowest BCUT2D eigenvalue weighted by Crippen LogP contribution is -2.03. The third-order valence-corrected chi connectivity index (χ3v) is 4.50. The van der Waals surface area contributed by atoms with Crippen molar-refractivity contribution in [1.29, 1.82) is 5.26 Å². The van der Waals surface area contributed by atoms with Gasteiger partial charge in [-0.25, -0.2) is 0 Å². The molecule has 3 rings (SSSR count). The monoisotopic (exact) mass is 279 g/mol. The summed E-state index contributed by atoms with van der Waals surface area (Å²) in [6, 6.07) is 18.3. The molecule has 0 fully saturated rings. The average Bonchev–Trinajstić information content (AvgIpc) is 2.49. The Balaban J connectivity index is 2.19. The van der Waals surface area contributed by atoms with E-state index in [0.29, 0.717) is 6.61 Å². The second kappa shape index (κ2) is 5.44. The molecule has 0 spiro atoms. The lowest BCUT2D eigenvalue weighted by atomic mass is 10.1. The highest BCUT2D eigenvalue weighted by molar-refractivity contribution is 8.08. The Kier molecular flexibility index (Phi) is 3.49. The molecule has 0 N–H and O–H groups in total. The first kappa shape index (κ1) is 12.8. The standard InChI is InChI=1S/C17H13NOS/c1-12(10-18)17-14-7-3-2-6-13(14)11-19-15-8-4-5-9-16(15)20-17/h2-9H,11H2,1H3/b17-12-. The van der Waals surface area contributed by atoms with E-state index in [1.54, 1.807) is 11.8 Å². The van der Waals surface area contributed by atoms with Crippen molar-refractivity contribution in [2.75, 3.05) is 0 Å². The highest BCUT2D eigenvalue weighted by atomic mass is 32.2.